The van der Waals surface area contributed by atoms with Gasteiger partial charge in [-0.2, -0.15) is 0 Å². The zero-order valence-corrected chi connectivity index (χ0v) is 12.0. The molecule has 5 heteroatoms. The summed E-state index contributed by atoms with van der Waals surface area (Å²) in [5.74, 6) is 2.62. The van der Waals surface area contributed by atoms with Gasteiger partial charge in [-0.05, 0) is 44.7 Å². The molecule has 2 saturated heterocycles. The molecule has 1 unspecified atom stereocenters. The van der Waals surface area contributed by atoms with Crippen molar-refractivity contribution in [2.45, 2.75) is 38.0 Å². The number of hydrogen-bond acceptors (Lipinski definition) is 3. The van der Waals surface area contributed by atoms with Crippen LogP contribution in [-0.2, 0) is 4.79 Å². The van der Waals surface area contributed by atoms with Crippen LogP contribution in [0, 0.1) is 5.92 Å². The first-order valence-corrected chi connectivity index (χ1v) is 7.80. The molecule has 1 aromatic heterocycles. The van der Waals surface area contributed by atoms with Crippen LogP contribution in [-0.4, -0.2) is 47.0 Å². The first-order valence-electron chi connectivity index (χ1n) is 7.80. The molecule has 1 amide bonds. The Hall–Kier alpha value is -1.36. The lowest BCUT2D eigenvalue weighted by Gasteiger charge is -2.31. The first kappa shape index (κ1) is 13.6. The van der Waals surface area contributed by atoms with Gasteiger partial charge >= 0.3 is 0 Å². The van der Waals surface area contributed by atoms with Crippen LogP contribution in [0.5, 0.6) is 0 Å². The molecular weight excluding hydrogens is 252 g/mol. The second-order valence-electron chi connectivity index (χ2n) is 6.03. The summed E-state index contributed by atoms with van der Waals surface area (Å²) in [6.45, 7) is 3.97. The van der Waals surface area contributed by atoms with Crippen molar-refractivity contribution < 1.29 is 4.79 Å². The van der Waals surface area contributed by atoms with Crippen molar-refractivity contribution in [3.63, 3.8) is 0 Å². The minimum atomic E-state index is 0.342. The molecule has 0 aliphatic carbocycles. The maximum atomic E-state index is 12.2. The van der Waals surface area contributed by atoms with E-state index in [1.807, 2.05) is 17.3 Å². The zero-order chi connectivity index (χ0) is 13.8. The van der Waals surface area contributed by atoms with Gasteiger partial charge in [0, 0.05) is 37.8 Å². The molecule has 1 atom stereocenters. The number of likely N-dealkylation sites (tertiary alicyclic amines) is 1. The SMILES string of the molecule is O=C(CCC1CCNC1)N1CCC(c2ncc[nH]2)CC1. The maximum absolute atomic E-state index is 12.2. The number of amides is 1. The minimum Gasteiger partial charge on any atom is -0.348 e. The smallest absolute Gasteiger partial charge is 0.222 e. The average Bonchev–Trinajstić information content (AvgIpc) is 3.18. The lowest BCUT2D eigenvalue weighted by molar-refractivity contribution is -0.132. The van der Waals surface area contributed by atoms with Crippen LogP contribution < -0.4 is 5.32 Å². The Kier molecular flexibility index (Phi) is 4.35. The van der Waals surface area contributed by atoms with Gasteiger partial charge in [-0.3, -0.25) is 4.79 Å². The molecule has 0 saturated carbocycles. The zero-order valence-electron chi connectivity index (χ0n) is 12.0. The van der Waals surface area contributed by atoms with Gasteiger partial charge in [-0.25, -0.2) is 4.98 Å². The molecule has 3 rings (SSSR count). The highest BCUT2D eigenvalue weighted by Crippen LogP contribution is 2.26. The largest absolute Gasteiger partial charge is 0.348 e. The molecule has 3 heterocycles. The molecular formula is C15H24N4O. The predicted molar refractivity (Wildman–Crippen MR) is 77.4 cm³/mol. The van der Waals surface area contributed by atoms with E-state index in [9.17, 15) is 4.79 Å². The molecule has 5 nitrogen and oxygen atoms in total. The van der Waals surface area contributed by atoms with Gasteiger partial charge in [0.15, 0.2) is 0 Å². The van der Waals surface area contributed by atoms with Gasteiger partial charge in [0.2, 0.25) is 5.91 Å². The summed E-state index contributed by atoms with van der Waals surface area (Å²) in [6.07, 6.45) is 8.75. The molecule has 2 fully saturated rings. The topological polar surface area (TPSA) is 61.0 Å². The Morgan fingerprint density at radius 1 is 1.35 bits per heavy atom. The van der Waals surface area contributed by atoms with E-state index >= 15 is 0 Å². The molecule has 0 spiro atoms. The molecule has 0 aromatic carbocycles. The third-order valence-electron chi connectivity index (χ3n) is 4.68. The number of nitrogens with zero attached hydrogens (tertiary/aromatic N) is 2. The van der Waals surface area contributed by atoms with Crippen molar-refractivity contribution in [2.24, 2.45) is 5.92 Å². The van der Waals surface area contributed by atoms with Crippen LogP contribution in [0.1, 0.15) is 43.8 Å². The standard InChI is InChI=1S/C15H24N4O/c20-14(2-1-12-3-6-16-11-12)19-9-4-13(5-10-19)15-17-7-8-18-15/h7-8,12-13,16H,1-6,9-11H2,(H,17,18). The molecule has 0 bridgehead atoms. The van der Waals surface area contributed by atoms with Gasteiger partial charge in [0.05, 0.1) is 0 Å². The fraction of sp³-hybridized carbons (Fsp3) is 0.733. The van der Waals surface area contributed by atoms with Crippen LogP contribution in [0.2, 0.25) is 0 Å². The number of nitrogens with one attached hydrogen (secondary N) is 2. The fourth-order valence-corrected chi connectivity index (χ4v) is 3.35. The summed E-state index contributed by atoms with van der Waals surface area (Å²) in [5, 5.41) is 3.36. The van der Waals surface area contributed by atoms with E-state index in [4.69, 9.17) is 0 Å². The van der Waals surface area contributed by atoms with E-state index in [0.29, 0.717) is 17.7 Å². The van der Waals surface area contributed by atoms with Gasteiger partial charge in [-0.15, -0.1) is 0 Å². The van der Waals surface area contributed by atoms with E-state index in [1.165, 1.54) is 6.42 Å². The quantitative estimate of drug-likeness (QED) is 0.876. The molecule has 20 heavy (non-hydrogen) atoms. The molecule has 2 N–H and O–H groups in total. The molecule has 110 valence electrons. The Morgan fingerprint density at radius 3 is 2.85 bits per heavy atom. The number of aromatic amines is 1. The normalized spacial score (nSPS) is 24.2. The van der Waals surface area contributed by atoms with E-state index in [-0.39, 0.29) is 0 Å². The van der Waals surface area contributed by atoms with E-state index in [2.05, 4.69) is 15.3 Å². The Bertz CT molecular complexity index is 417. The maximum Gasteiger partial charge on any atom is 0.222 e. The number of rotatable bonds is 4. The second-order valence-corrected chi connectivity index (χ2v) is 6.03. The number of imidazole rings is 1. The van der Waals surface area contributed by atoms with Gasteiger partial charge in [0.25, 0.3) is 0 Å². The molecule has 2 aliphatic heterocycles. The third kappa shape index (κ3) is 3.20. The van der Waals surface area contributed by atoms with Crippen LogP contribution in [0.15, 0.2) is 12.4 Å². The Balaban J connectivity index is 1.42. The van der Waals surface area contributed by atoms with Gasteiger partial charge < -0.3 is 15.2 Å². The molecule has 0 radical (unpaired) electrons. The highest BCUT2D eigenvalue weighted by molar-refractivity contribution is 5.76. The van der Waals surface area contributed by atoms with E-state index in [1.54, 1.807) is 0 Å². The number of carbonyl (C=O) groups is 1. The van der Waals surface area contributed by atoms with Crippen LogP contribution in [0.25, 0.3) is 0 Å². The lowest BCUT2D eigenvalue weighted by Crippen LogP contribution is -2.38. The van der Waals surface area contributed by atoms with Gasteiger partial charge in [0.1, 0.15) is 5.82 Å². The van der Waals surface area contributed by atoms with Crippen LogP contribution in [0.3, 0.4) is 0 Å². The predicted octanol–water partition coefficient (Wildman–Crippen LogP) is 1.51. The lowest BCUT2D eigenvalue weighted by atomic mass is 9.95. The Labute approximate surface area is 120 Å². The van der Waals surface area contributed by atoms with Crippen molar-refractivity contribution in [1.29, 1.82) is 0 Å². The van der Waals surface area contributed by atoms with Crippen molar-refractivity contribution >= 4 is 5.91 Å². The summed E-state index contributed by atoms with van der Waals surface area (Å²) in [4.78, 5) is 21.8. The minimum absolute atomic E-state index is 0.342. The third-order valence-corrected chi connectivity index (χ3v) is 4.68. The summed E-state index contributed by atoms with van der Waals surface area (Å²) < 4.78 is 0. The van der Waals surface area contributed by atoms with Crippen LogP contribution in [0.4, 0.5) is 0 Å². The van der Waals surface area contributed by atoms with Crippen molar-refractivity contribution in [3.05, 3.63) is 18.2 Å². The highest BCUT2D eigenvalue weighted by atomic mass is 16.2. The summed E-state index contributed by atoms with van der Waals surface area (Å²) >= 11 is 0. The number of hydrogen-bond donors (Lipinski definition) is 2. The highest BCUT2D eigenvalue weighted by Gasteiger charge is 2.25. The van der Waals surface area contributed by atoms with Crippen molar-refractivity contribution in [3.8, 4) is 0 Å². The molecule has 2 aliphatic rings. The monoisotopic (exact) mass is 276 g/mol. The summed E-state index contributed by atoms with van der Waals surface area (Å²) in [5.41, 5.74) is 0. The number of piperidine rings is 1. The number of H-pyrrole nitrogens is 1. The van der Waals surface area contributed by atoms with Gasteiger partial charge in [-0.1, -0.05) is 0 Å². The Morgan fingerprint density at radius 2 is 2.20 bits per heavy atom. The summed E-state index contributed by atoms with van der Waals surface area (Å²) in [7, 11) is 0. The van der Waals surface area contributed by atoms with Crippen molar-refractivity contribution in [2.75, 3.05) is 26.2 Å². The first-order chi connectivity index (χ1) is 9.83. The number of aromatic nitrogens is 2. The second kappa shape index (κ2) is 6.39. The summed E-state index contributed by atoms with van der Waals surface area (Å²) in [6, 6.07) is 0. The average molecular weight is 276 g/mol. The molecule has 1 aromatic rings. The van der Waals surface area contributed by atoms with Crippen molar-refractivity contribution in [1.82, 2.24) is 20.2 Å². The number of carbonyl (C=O) groups excluding carboxylic acids is 1. The fourth-order valence-electron chi connectivity index (χ4n) is 3.35. The van der Waals surface area contributed by atoms with E-state index in [0.717, 1.165) is 57.7 Å². The van der Waals surface area contributed by atoms with E-state index < -0.39 is 0 Å². The van der Waals surface area contributed by atoms with Crippen LogP contribution >= 0.6 is 0 Å².